The lowest BCUT2D eigenvalue weighted by Gasteiger charge is -2.13. The van der Waals surface area contributed by atoms with Crippen molar-refractivity contribution in [3.63, 3.8) is 0 Å². The standard InChI is InChI=1S/C15H20N2OS/c1-12(2)18-15-13(5-3-8-17-15)11-16-9-7-14-6-4-10-19-14/h3-6,8,10,12,16H,7,9,11H2,1-2H3. The maximum atomic E-state index is 5.70. The van der Waals surface area contributed by atoms with Gasteiger partial charge in [-0.2, -0.15) is 0 Å². The predicted molar refractivity (Wildman–Crippen MR) is 79.7 cm³/mol. The van der Waals surface area contributed by atoms with Crippen LogP contribution in [-0.2, 0) is 13.0 Å². The second-order valence-electron chi connectivity index (χ2n) is 4.64. The van der Waals surface area contributed by atoms with Gasteiger partial charge in [0, 0.05) is 29.7 Å². The van der Waals surface area contributed by atoms with Gasteiger partial charge in [-0.1, -0.05) is 12.1 Å². The summed E-state index contributed by atoms with van der Waals surface area (Å²) in [4.78, 5) is 5.70. The Balaban J connectivity index is 1.82. The van der Waals surface area contributed by atoms with E-state index in [9.17, 15) is 0 Å². The highest BCUT2D eigenvalue weighted by Gasteiger charge is 2.06. The molecular formula is C15H20N2OS. The van der Waals surface area contributed by atoms with Crippen LogP contribution >= 0.6 is 11.3 Å². The van der Waals surface area contributed by atoms with Crippen molar-refractivity contribution >= 4 is 11.3 Å². The lowest BCUT2D eigenvalue weighted by Crippen LogP contribution is -2.18. The second-order valence-corrected chi connectivity index (χ2v) is 5.67. The fourth-order valence-electron chi connectivity index (χ4n) is 1.78. The molecule has 3 nitrogen and oxygen atoms in total. The Hall–Kier alpha value is -1.39. The van der Waals surface area contributed by atoms with E-state index in [0.29, 0.717) is 0 Å². The molecule has 102 valence electrons. The molecule has 0 unspecified atom stereocenters. The van der Waals surface area contributed by atoms with Gasteiger partial charge in [-0.05, 0) is 37.8 Å². The Morgan fingerprint density at radius 3 is 2.95 bits per heavy atom. The number of hydrogen-bond donors (Lipinski definition) is 1. The molecule has 0 bridgehead atoms. The molecule has 0 aromatic carbocycles. The Bertz CT molecular complexity index is 483. The van der Waals surface area contributed by atoms with Gasteiger partial charge < -0.3 is 10.1 Å². The predicted octanol–water partition coefficient (Wildman–Crippen LogP) is 3.26. The maximum Gasteiger partial charge on any atom is 0.218 e. The van der Waals surface area contributed by atoms with Crippen LogP contribution in [-0.4, -0.2) is 17.6 Å². The van der Waals surface area contributed by atoms with Crippen molar-refractivity contribution in [2.24, 2.45) is 0 Å². The highest BCUT2D eigenvalue weighted by atomic mass is 32.1. The maximum absolute atomic E-state index is 5.70. The molecule has 0 atom stereocenters. The summed E-state index contributed by atoms with van der Waals surface area (Å²) in [6, 6.07) is 8.27. The highest BCUT2D eigenvalue weighted by molar-refractivity contribution is 7.09. The van der Waals surface area contributed by atoms with Crippen LogP contribution in [0.15, 0.2) is 35.8 Å². The van der Waals surface area contributed by atoms with Crippen molar-refractivity contribution in [1.82, 2.24) is 10.3 Å². The lowest BCUT2D eigenvalue weighted by molar-refractivity contribution is 0.229. The number of pyridine rings is 1. The lowest BCUT2D eigenvalue weighted by atomic mass is 10.2. The van der Waals surface area contributed by atoms with E-state index in [2.05, 4.69) is 33.9 Å². The first-order chi connectivity index (χ1) is 9.25. The quantitative estimate of drug-likeness (QED) is 0.788. The molecule has 0 amide bonds. The highest BCUT2D eigenvalue weighted by Crippen LogP contribution is 2.15. The second kappa shape index (κ2) is 7.26. The van der Waals surface area contributed by atoms with Gasteiger partial charge in [-0.15, -0.1) is 11.3 Å². The van der Waals surface area contributed by atoms with E-state index in [-0.39, 0.29) is 6.10 Å². The van der Waals surface area contributed by atoms with E-state index in [1.165, 1.54) is 4.88 Å². The SMILES string of the molecule is CC(C)Oc1ncccc1CNCCc1cccs1. The molecule has 0 spiro atoms. The number of nitrogens with zero attached hydrogens (tertiary/aromatic N) is 1. The summed E-state index contributed by atoms with van der Waals surface area (Å²) in [6.45, 7) is 5.79. The molecule has 0 radical (unpaired) electrons. The van der Waals surface area contributed by atoms with Gasteiger partial charge in [0.2, 0.25) is 5.88 Å². The molecule has 0 aliphatic heterocycles. The topological polar surface area (TPSA) is 34.1 Å². The summed E-state index contributed by atoms with van der Waals surface area (Å²) in [6.07, 6.45) is 2.99. The zero-order valence-corrected chi connectivity index (χ0v) is 12.2. The van der Waals surface area contributed by atoms with E-state index >= 15 is 0 Å². The van der Waals surface area contributed by atoms with Crippen molar-refractivity contribution < 1.29 is 4.74 Å². The molecule has 0 aliphatic carbocycles. The van der Waals surface area contributed by atoms with Crippen LogP contribution in [0.1, 0.15) is 24.3 Å². The molecule has 0 saturated heterocycles. The summed E-state index contributed by atoms with van der Waals surface area (Å²) in [7, 11) is 0. The van der Waals surface area contributed by atoms with Gasteiger partial charge in [0.25, 0.3) is 0 Å². The average molecular weight is 276 g/mol. The van der Waals surface area contributed by atoms with E-state index in [1.807, 2.05) is 19.9 Å². The zero-order valence-electron chi connectivity index (χ0n) is 11.4. The Morgan fingerprint density at radius 1 is 1.32 bits per heavy atom. The third-order valence-corrected chi connectivity index (χ3v) is 3.58. The van der Waals surface area contributed by atoms with Gasteiger partial charge in [-0.3, -0.25) is 0 Å². The number of rotatable bonds is 7. The molecule has 19 heavy (non-hydrogen) atoms. The molecule has 0 aliphatic rings. The first kappa shape index (κ1) is 14.0. The van der Waals surface area contributed by atoms with Gasteiger partial charge in [0.05, 0.1) is 6.10 Å². The Labute approximate surface area is 118 Å². The molecule has 2 rings (SSSR count). The van der Waals surface area contributed by atoms with Gasteiger partial charge >= 0.3 is 0 Å². The molecule has 0 saturated carbocycles. The van der Waals surface area contributed by atoms with E-state index < -0.39 is 0 Å². The minimum atomic E-state index is 0.153. The smallest absolute Gasteiger partial charge is 0.218 e. The first-order valence-corrected chi connectivity index (χ1v) is 7.47. The third-order valence-electron chi connectivity index (χ3n) is 2.64. The summed E-state index contributed by atoms with van der Waals surface area (Å²) in [5, 5.41) is 5.56. The van der Waals surface area contributed by atoms with Crippen LogP contribution in [0.5, 0.6) is 5.88 Å². The van der Waals surface area contributed by atoms with E-state index in [4.69, 9.17) is 4.74 Å². The van der Waals surface area contributed by atoms with E-state index in [1.54, 1.807) is 17.5 Å². The molecule has 0 fully saturated rings. The number of thiophene rings is 1. The summed E-state index contributed by atoms with van der Waals surface area (Å²) < 4.78 is 5.70. The summed E-state index contributed by atoms with van der Waals surface area (Å²) >= 11 is 1.80. The van der Waals surface area contributed by atoms with Crippen molar-refractivity contribution in [3.05, 3.63) is 46.3 Å². The molecule has 1 N–H and O–H groups in total. The Kier molecular flexibility index (Phi) is 5.36. The molecular weight excluding hydrogens is 256 g/mol. The number of hydrogen-bond acceptors (Lipinski definition) is 4. The number of ether oxygens (including phenoxy) is 1. The zero-order chi connectivity index (χ0) is 13.5. The molecule has 4 heteroatoms. The van der Waals surface area contributed by atoms with Crippen molar-refractivity contribution in [2.75, 3.05) is 6.54 Å². The number of aromatic nitrogens is 1. The van der Waals surface area contributed by atoms with Crippen LogP contribution < -0.4 is 10.1 Å². The number of nitrogens with one attached hydrogen (secondary N) is 1. The van der Waals surface area contributed by atoms with Crippen LogP contribution in [0.3, 0.4) is 0 Å². The van der Waals surface area contributed by atoms with E-state index in [0.717, 1.165) is 31.0 Å². The molecule has 2 aromatic rings. The van der Waals surface area contributed by atoms with Crippen LogP contribution in [0.2, 0.25) is 0 Å². The average Bonchev–Trinajstić information content (AvgIpc) is 2.89. The third kappa shape index (κ3) is 4.65. The minimum Gasteiger partial charge on any atom is -0.475 e. The first-order valence-electron chi connectivity index (χ1n) is 6.59. The molecule has 2 heterocycles. The normalized spacial score (nSPS) is 10.9. The van der Waals surface area contributed by atoms with Crippen molar-refractivity contribution in [2.45, 2.75) is 32.9 Å². The summed E-state index contributed by atoms with van der Waals surface area (Å²) in [5.74, 6) is 0.737. The molecule has 2 aromatic heterocycles. The van der Waals surface area contributed by atoms with Gasteiger partial charge in [0.15, 0.2) is 0 Å². The van der Waals surface area contributed by atoms with Crippen LogP contribution in [0.4, 0.5) is 0 Å². The fourth-order valence-corrected chi connectivity index (χ4v) is 2.49. The van der Waals surface area contributed by atoms with Crippen molar-refractivity contribution in [1.29, 1.82) is 0 Å². The Morgan fingerprint density at radius 2 is 2.21 bits per heavy atom. The van der Waals surface area contributed by atoms with Crippen LogP contribution in [0, 0.1) is 0 Å². The van der Waals surface area contributed by atoms with Gasteiger partial charge in [-0.25, -0.2) is 4.98 Å². The summed E-state index contributed by atoms with van der Waals surface area (Å²) in [5.41, 5.74) is 1.11. The largest absolute Gasteiger partial charge is 0.475 e. The van der Waals surface area contributed by atoms with Crippen LogP contribution in [0.25, 0.3) is 0 Å². The van der Waals surface area contributed by atoms with Gasteiger partial charge in [0.1, 0.15) is 0 Å². The minimum absolute atomic E-state index is 0.153. The fraction of sp³-hybridized carbons (Fsp3) is 0.400. The monoisotopic (exact) mass is 276 g/mol. The van der Waals surface area contributed by atoms with Crippen molar-refractivity contribution in [3.8, 4) is 5.88 Å².